The molecule has 3 atom stereocenters. The van der Waals surface area contributed by atoms with Crippen LogP contribution in [-0.4, -0.2) is 40.4 Å². The van der Waals surface area contributed by atoms with Crippen LogP contribution in [0.3, 0.4) is 0 Å². The van der Waals surface area contributed by atoms with Crippen molar-refractivity contribution >= 4 is 5.78 Å². The van der Waals surface area contributed by atoms with Gasteiger partial charge in [0.15, 0.2) is 5.76 Å². The molecule has 1 unspecified atom stereocenters. The largest absolute Gasteiger partial charge is 0.506 e. The van der Waals surface area contributed by atoms with E-state index in [1.807, 2.05) is 0 Å². The highest BCUT2D eigenvalue weighted by Gasteiger charge is 2.40. The van der Waals surface area contributed by atoms with Crippen molar-refractivity contribution in [2.24, 2.45) is 5.92 Å². The monoisotopic (exact) mass is 188 g/mol. The topological polar surface area (TPSA) is 87.0 Å². The van der Waals surface area contributed by atoms with Crippen LogP contribution < -0.4 is 0 Å². The van der Waals surface area contributed by atoms with Gasteiger partial charge < -0.3 is 20.1 Å². The summed E-state index contributed by atoms with van der Waals surface area (Å²) in [5.74, 6) is -2.28. The van der Waals surface area contributed by atoms with Crippen LogP contribution in [0.25, 0.3) is 0 Å². The maximum Gasteiger partial charge on any atom is 0.229 e. The Hall–Kier alpha value is -1.07. The van der Waals surface area contributed by atoms with Crippen LogP contribution in [0.5, 0.6) is 0 Å². The number of aliphatic hydroxyl groups excluding tert-OH is 3. The lowest BCUT2D eigenvalue weighted by Crippen LogP contribution is -2.43. The van der Waals surface area contributed by atoms with E-state index >= 15 is 0 Å². The van der Waals surface area contributed by atoms with Crippen LogP contribution in [0, 0.1) is 5.92 Å². The molecule has 13 heavy (non-hydrogen) atoms. The number of Topliss-reactive ketones (excluding diaryl/α,β-unsaturated/α-hetero) is 1. The van der Waals surface area contributed by atoms with Gasteiger partial charge in [0.05, 0.1) is 7.11 Å². The number of hydrogen-bond acceptors (Lipinski definition) is 5. The first-order chi connectivity index (χ1) is 6.00. The van der Waals surface area contributed by atoms with E-state index in [0.29, 0.717) is 0 Å². The lowest BCUT2D eigenvalue weighted by Gasteiger charge is -2.28. The zero-order chi connectivity index (χ0) is 10.2. The summed E-state index contributed by atoms with van der Waals surface area (Å²) in [6.07, 6.45) is -2.57. The Morgan fingerprint density at radius 1 is 1.31 bits per heavy atom. The molecular formula is C8H12O5. The highest BCUT2D eigenvalue weighted by molar-refractivity contribution is 5.98. The highest BCUT2D eigenvalue weighted by Crippen LogP contribution is 2.26. The smallest absolute Gasteiger partial charge is 0.229 e. The molecule has 0 heterocycles. The van der Waals surface area contributed by atoms with Crippen LogP contribution in [-0.2, 0) is 9.53 Å². The first-order valence-corrected chi connectivity index (χ1v) is 3.88. The van der Waals surface area contributed by atoms with E-state index in [2.05, 4.69) is 4.74 Å². The molecule has 0 aliphatic heterocycles. The number of carbonyl (C=O) groups is 1. The Bertz CT molecular complexity index is 257. The third kappa shape index (κ3) is 1.40. The average molecular weight is 188 g/mol. The van der Waals surface area contributed by atoms with Crippen molar-refractivity contribution in [1.82, 2.24) is 0 Å². The van der Waals surface area contributed by atoms with Gasteiger partial charge in [-0.05, 0) is 0 Å². The molecule has 1 aliphatic rings. The molecule has 0 saturated heterocycles. The van der Waals surface area contributed by atoms with Gasteiger partial charge in [0, 0.05) is 5.92 Å². The number of aliphatic hydroxyl groups is 3. The molecule has 0 bridgehead atoms. The summed E-state index contributed by atoms with van der Waals surface area (Å²) in [6.45, 7) is 1.47. The second-order valence-corrected chi connectivity index (χ2v) is 3.03. The fourth-order valence-electron chi connectivity index (χ4n) is 1.26. The molecule has 0 saturated carbocycles. The molecule has 0 spiro atoms. The molecule has 5 nitrogen and oxygen atoms in total. The average Bonchev–Trinajstić information content (AvgIpc) is 2.13. The molecule has 0 fully saturated rings. The van der Waals surface area contributed by atoms with Crippen LogP contribution >= 0.6 is 0 Å². The maximum atomic E-state index is 11.2. The lowest BCUT2D eigenvalue weighted by molar-refractivity contribution is -0.134. The predicted molar refractivity (Wildman–Crippen MR) is 42.8 cm³/mol. The molecule has 5 heteroatoms. The summed E-state index contributed by atoms with van der Waals surface area (Å²) in [7, 11) is 1.19. The molecule has 0 aromatic rings. The quantitative estimate of drug-likeness (QED) is 0.508. The summed E-state index contributed by atoms with van der Waals surface area (Å²) in [5, 5.41) is 27.9. The first-order valence-electron chi connectivity index (χ1n) is 3.88. The molecule has 0 radical (unpaired) electrons. The Morgan fingerprint density at radius 2 is 1.85 bits per heavy atom. The fourth-order valence-corrected chi connectivity index (χ4v) is 1.26. The van der Waals surface area contributed by atoms with Gasteiger partial charge in [-0.3, -0.25) is 4.79 Å². The summed E-state index contributed by atoms with van der Waals surface area (Å²) in [6, 6.07) is 0. The summed E-state index contributed by atoms with van der Waals surface area (Å²) in [5.41, 5.74) is 0. The number of hydrogen-bond donors (Lipinski definition) is 3. The highest BCUT2D eigenvalue weighted by atomic mass is 16.5. The van der Waals surface area contributed by atoms with Crippen LogP contribution in [0.1, 0.15) is 6.92 Å². The maximum absolute atomic E-state index is 11.2. The van der Waals surface area contributed by atoms with Crippen molar-refractivity contribution in [2.45, 2.75) is 19.1 Å². The van der Waals surface area contributed by atoms with Crippen molar-refractivity contribution in [3.63, 3.8) is 0 Å². The van der Waals surface area contributed by atoms with Gasteiger partial charge in [-0.15, -0.1) is 0 Å². The van der Waals surface area contributed by atoms with Crippen molar-refractivity contribution in [3.05, 3.63) is 11.5 Å². The zero-order valence-electron chi connectivity index (χ0n) is 7.39. The van der Waals surface area contributed by atoms with Gasteiger partial charge >= 0.3 is 0 Å². The molecule has 0 aromatic carbocycles. The molecule has 1 aliphatic carbocycles. The summed E-state index contributed by atoms with van der Waals surface area (Å²) in [4.78, 5) is 11.2. The number of ether oxygens (including phenoxy) is 1. The number of methoxy groups -OCH3 is 1. The van der Waals surface area contributed by atoms with Crippen LogP contribution in [0.15, 0.2) is 11.5 Å². The molecule has 74 valence electrons. The van der Waals surface area contributed by atoms with Gasteiger partial charge in [0.2, 0.25) is 11.5 Å². The Balaban J connectivity index is 3.10. The van der Waals surface area contributed by atoms with E-state index in [-0.39, 0.29) is 5.76 Å². The first kappa shape index (κ1) is 10.0. The van der Waals surface area contributed by atoms with Crippen molar-refractivity contribution < 1.29 is 24.9 Å². The van der Waals surface area contributed by atoms with E-state index in [1.165, 1.54) is 14.0 Å². The van der Waals surface area contributed by atoms with Gasteiger partial charge in [-0.2, -0.15) is 0 Å². The minimum absolute atomic E-state index is 0.363. The molecule has 1 rings (SSSR count). The fraction of sp³-hybridized carbons (Fsp3) is 0.625. The predicted octanol–water partition coefficient (Wildman–Crippen LogP) is -0.657. The van der Waals surface area contributed by atoms with Gasteiger partial charge in [-0.25, -0.2) is 0 Å². The SMILES string of the molecule is COC1=C(O)[C@H](O)C(C)[C@@H](O)C1=O. The van der Waals surface area contributed by atoms with Crippen molar-refractivity contribution in [1.29, 1.82) is 0 Å². The van der Waals surface area contributed by atoms with Crippen molar-refractivity contribution in [3.8, 4) is 0 Å². The van der Waals surface area contributed by atoms with E-state index in [1.54, 1.807) is 0 Å². The van der Waals surface area contributed by atoms with E-state index in [9.17, 15) is 20.1 Å². The number of carbonyl (C=O) groups excluding carboxylic acids is 1. The third-order valence-electron chi connectivity index (χ3n) is 2.21. The molecule has 0 aromatic heterocycles. The Kier molecular flexibility index (Phi) is 2.58. The summed E-state index contributed by atoms with van der Waals surface area (Å²) < 4.78 is 4.56. The minimum atomic E-state index is -1.32. The normalized spacial score (nSPS) is 35.1. The second kappa shape index (κ2) is 3.35. The number of ketones is 1. The van der Waals surface area contributed by atoms with E-state index in [0.717, 1.165) is 0 Å². The van der Waals surface area contributed by atoms with Gasteiger partial charge in [0.1, 0.15) is 12.2 Å². The Labute approximate surface area is 75.3 Å². The molecular weight excluding hydrogens is 176 g/mol. The standard InChI is InChI=1S/C8H12O5/c1-3-4(9)6(11)8(13-2)7(12)5(3)10/h3-5,9-11H,1-2H3/t3?,4-,5-/m1/s1. The van der Waals surface area contributed by atoms with E-state index < -0.39 is 29.7 Å². The minimum Gasteiger partial charge on any atom is -0.506 e. The third-order valence-corrected chi connectivity index (χ3v) is 2.21. The number of rotatable bonds is 1. The Morgan fingerprint density at radius 3 is 2.31 bits per heavy atom. The zero-order valence-corrected chi connectivity index (χ0v) is 7.39. The van der Waals surface area contributed by atoms with Crippen LogP contribution in [0.2, 0.25) is 0 Å². The van der Waals surface area contributed by atoms with Gasteiger partial charge in [-0.1, -0.05) is 6.92 Å². The summed E-state index contributed by atoms with van der Waals surface area (Å²) >= 11 is 0. The lowest BCUT2D eigenvalue weighted by atomic mass is 9.87. The molecule has 0 amide bonds. The van der Waals surface area contributed by atoms with Gasteiger partial charge in [0.25, 0.3) is 0 Å². The molecule has 3 N–H and O–H groups in total. The second-order valence-electron chi connectivity index (χ2n) is 3.03. The van der Waals surface area contributed by atoms with E-state index in [4.69, 9.17) is 0 Å². The van der Waals surface area contributed by atoms with Crippen molar-refractivity contribution in [2.75, 3.05) is 7.11 Å². The van der Waals surface area contributed by atoms with Crippen LogP contribution in [0.4, 0.5) is 0 Å².